The molecule has 2 heterocycles. The van der Waals surface area contributed by atoms with Gasteiger partial charge in [-0.3, -0.25) is 4.79 Å². The standard InChI is InChI=1S/C21H21FN2O2S/c1-12-11-17(12)18-9-7-16(26-18)8-10-19(25)23-21-24-20(13(2)27-21)14-3-5-15(22)6-4-14/h3-7,9,12,17H,8,10-11H2,1-2H3,(H,23,24,25). The number of aromatic nitrogens is 1. The molecule has 4 nitrogen and oxygen atoms in total. The summed E-state index contributed by atoms with van der Waals surface area (Å²) in [5, 5.41) is 3.42. The Morgan fingerprint density at radius 2 is 2.04 bits per heavy atom. The van der Waals surface area contributed by atoms with E-state index in [1.54, 1.807) is 12.1 Å². The number of carbonyl (C=O) groups excluding carboxylic acids is 1. The van der Waals surface area contributed by atoms with Crippen molar-refractivity contribution < 1.29 is 13.6 Å². The Labute approximate surface area is 161 Å². The first-order chi connectivity index (χ1) is 13.0. The minimum Gasteiger partial charge on any atom is -0.466 e. The monoisotopic (exact) mass is 384 g/mol. The highest BCUT2D eigenvalue weighted by Gasteiger charge is 2.36. The number of thiazole rings is 1. The average molecular weight is 384 g/mol. The maximum Gasteiger partial charge on any atom is 0.226 e. The second-order valence-corrected chi connectivity index (χ2v) is 8.31. The van der Waals surface area contributed by atoms with E-state index in [4.69, 9.17) is 4.42 Å². The van der Waals surface area contributed by atoms with Crippen molar-refractivity contribution in [3.05, 3.63) is 58.6 Å². The third-order valence-electron chi connectivity index (χ3n) is 4.92. The third-order valence-corrected chi connectivity index (χ3v) is 5.80. The molecule has 27 heavy (non-hydrogen) atoms. The Bertz CT molecular complexity index is 961. The smallest absolute Gasteiger partial charge is 0.226 e. The van der Waals surface area contributed by atoms with Crippen molar-refractivity contribution in [3.8, 4) is 11.3 Å². The van der Waals surface area contributed by atoms with Gasteiger partial charge in [0.05, 0.1) is 5.69 Å². The van der Waals surface area contributed by atoms with Gasteiger partial charge < -0.3 is 9.73 Å². The van der Waals surface area contributed by atoms with Crippen molar-refractivity contribution in [1.82, 2.24) is 4.98 Å². The number of anilines is 1. The molecular formula is C21H21FN2O2S. The summed E-state index contributed by atoms with van der Waals surface area (Å²) in [6.07, 6.45) is 2.10. The number of rotatable bonds is 6. The highest BCUT2D eigenvalue weighted by Crippen LogP contribution is 2.47. The van der Waals surface area contributed by atoms with Crippen LogP contribution in [-0.2, 0) is 11.2 Å². The molecule has 6 heteroatoms. The van der Waals surface area contributed by atoms with Crippen LogP contribution >= 0.6 is 11.3 Å². The zero-order valence-corrected chi connectivity index (χ0v) is 16.1. The molecule has 0 bridgehead atoms. The number of aryl methyl sites for hydroxylation is 2. The Balaban J connectivity index is 1.35. The van der Waals surface area contributed by atoms with Crippen LogP contribution in [0.3, 0.4) is 0 Å². The van der Waals surface area contributed by atoms with Crippen molar-refractivity contribution in [3.63, 3.8) is 0 Å². The number of nitrogens with zero attached hydrogens (tertiary/aromatic N) is 1. The van der Waals surface area contributed by atoms with Crippen molar-refractivity contribution in [2.24, 2.45) is 5.92 Å². The van der Waals surface area contributed by atoms with E-state index in [2.05, 4.69) is 17.2 Å². The Morgan fingerprint density at radius 3 is 2.74 bits per heavy atom. The molecule has 0 saturated heterocycles. The first-order valence-corrected chi connectivity index (χ1v) is 9.93. The lowest BCUT2D eigenvalue weighted by Gasteiger charge is -2.01. The van der Waals surface area contributed by atoms with Gasteiger partial charge in [0.2, 0.25) is 5.91 Å². The van der Waals surface area contributed by atoms with E-state index < -0.39 is 0 Å². The molecule has 1 amide bonds. The Hall–Kier alpha value is -2.47. The predicted molar refractivity (Wildman–Crippen MR) is 104 cm³/mol. The zero-order chi connectivity index (χ0) is 19.0. The molecule has 2 aromatic heterocycles. The maximum absolute atomic E-state index is 13.1. The molecule has 1 aliphatic rings. The molecular weight excluding hydrogens is 363 g/mol. The second-order valence-electron chi connectivity index (χ2n) is 7.10. The number of nitrogens with one attached hydrogen (secondary N) is 1. The summed E-state index contributed by atoms with van der Waals surface area (Å²) in [4.78, 5) is 17.7. The molecule has 1 aromatic carbocycles. The van der Waals surface area contributed by atoms with Crippen molar-refractivity contribution >= 4 is 22.4 Å². The number of furan rings is 1. The highest BCUT2D eigenvalue weighted by molar-refractivity contribution is 7.16. The van der Waals surface area contributed by atoms with Crippen LogP contribution in [0.5, 0.6) is 0 Å². The van der Waals surface area contributed by atoms with Crippen LogP contribution in [0, 0.1) is 18.7 Å². The maximum atomic E-state index is 13.1. The Morgan fingerprint density at radius 1 is 1.30 bits per heavy atom. The van der Waals surface area contributed by atoms with Gasteiger partial charge in [-0.25, -0.2) is 9.37 Å². The van der Waals surface area contributed by atoms with Gasteiger partial charge in [-0.1, -0.05) is 6.92 Å². The fourth-order valence-electron chi connectivity index (χ4n) is 3.19. The molecule has 0 aliphatic heterocycles. The molecule has 1 aliphatic carbocycles. The number of hydrogen-bond acceptors (Lipinski definition) is 4. The van der Waals surface area contributed by atoms with E-state index in [9.17, 15) is 9.18 Å². The van der Waals surface area contributed by atoms with Crippen LogP contribution in [0.1, 0.15) is 42.1 Å². The summed E-state index contributed by atoms with van der Waals surface area (Å²) in [6, 6.07) is 10.2. The van der Waals surface area contributed by atoms with Crippen molar-refractivity contribution in [2.45, 2.75) is 39.0 Å². The van der Waals surface area contributed by atoms with Crippen LogP contribution in [0.4, 0.5) is 9.52 Å². The van der Waals surface area contributed by atoms with Crippen LogP contribution in [0.25, 0.3) is 11.3 Å². The van der Waals surface area contributed by atoms with Gasteiger partial charge in [0.15, 0.2) is 5.13 Å². The summed E-state index contributed by atoms with van der Waals surface area (Å²) in [5.74, 6) is 2.77. The quantitative estimate of drug-likeness (QED) is 0.607. The first-order valence-electron chi connectivity index (χ1n) is 9.11. The number of amides is 1. The molecule has 3 aromatic rings. The summed E-state index contributed by atoms with van der Waals surface area (Å²) in [7, 11) is 0. The van der Waals surface area contributed by atoms with Crippen LogP contribution < -0.4 is 5.32 Å². The summed E-state index contributed by atoms with van der Waals surface area (Å²) < 4.78 is 18.9. The molecule has 1 fully saturated rings. The zero-order valence-electron chi connectivity index (χ0n) is 15.3. The van der Waals surface area contributed by atoms with Crippen LogP contribution in [-0.4, -0.2) is 10.9 Å². The number of carbonyl (C=O) groups is 1. The van der Waals surface area contributed by atoms with Gasteiger partial charge in [-0.2, -0.15) is 0 Å². The molecule has 2 unspecified atom stereocenters. The van der Waals surface area contributed by atoms with E-state index >= 15 is 0 Å². The van der Waals surface area contributed by atoms with E-state index in [0.29, 0.717) is 29.8 Å². The van der Waals surface area contributed by atoms with E-state index in [-0.39, 0.29) is 11.7 Å². The molecule has 2 atom stereocenters. The Kier molecular flexibility index (Phi) is 4.83. The largest absolute Gasteiger partial charge is 0.466 e. The van der Waals surface area contributed by atoms with Gasteiger partial charge in [-0.15, -0.1) is 11.3 Å². The van der Waals surface area contributed by atoms with Gasteiger partial charge in [0, 0.05) is 29.2 Å². The summed E-state index contributed by atoms with van der Waals surface area (Å²) in [6.45, 7) is 4.16. The van der Waals surface area contributed by atoms with Crippen molar-refractivity contribution in [2.75, 3.05) is 5.32 Å². The van der Waals surface area contributed by atoms with Crippen molar-refractivity contribution in [1.29, 1.82) is 0 Å². The van der Waals surface area contributed by atoms with Gasteiger partial charge in [0.1, 0.15) is 17.3 Å². The van der Waals surface area contributed by atoms with E-state index in [0.717, 1.165) is 27.7 Å². The summed E-state index contributed by atoms with van der Waals surface area (Å²) >= 11 is 1.42. The fraction of sp³-hybridized carbons (Fsp3) is 0.333. The first kappa shape index (κ1) is 17.9. The average Bonchev–Trinajstić information content (AvgIpc) is 3.04. The second kappa shape index (κ2) is 7.27. The lowest BCUT2D eigenvalue weighted by Crippen LogP contribution is -2.11. The normalized spacial score (nSPS) is 18.5. The van der Waals surface area contributed by atoms with Crippen LogP contribution in [0.15, 0.2) is 40.8 Å². The molecule has 1 N–H and O–H groups in total. The molecule has 1 saturated carbocycles. The summed E-state index contributed by atoms with van der Waals surface area (Å²) in [5.41, 5.74) is 1.60. The van der Waals surface area contributed by atoms with Gasteiger partial charge in [-0.05, 0) is 55.7 Å². The van der Waals surface area contributed by atoms with E-state index in [1.807, 2.05) is 19.1 Å². The molecule has 0 spiro atoms. The molecule has 140 valence electrons. The third kappa shape index (κ3) is 4.11. The number of hydrogen-bond donors (Lipinski definition) is 1. The lowest BCUT2D eigenvalue weighted by atomic mass is 10.1. The number of halogens is 1. The lowest BCUT2D eigenvalue weighted by molar-refractivity contribution is -0.116. The number of benzene rings is 1. The fourth-order valence-corrected chi connectivity index (χ4v) is 4.04. The van der Waals surface area contributed by atoms with E-state index in [1.165, 1.54) is 29.9 Å². The highest BCUT2D eigenvalue weighted by atomic mass is 32.1. The predicted octanol–water partition coefficient (Wildman–Crippen LogP) is 5.55. The minimum atomic E-state index is -0.280. The van der Waals surface area contributed by atoms with Crippen LogP contribution in [0.2, 0.25) is 0 Å². The van der Waals surface area contributed by atoms with Gasteiger partial charge >= 0.3 is 0 Å². The molecule has 4 rings (SSSR count). The topological polar surface area (TPSA) is 55.1 Å². The SMILES string of the molecule is Cc1sc(NC(=O)CCc2ccc(C3CC3C)o2)nc1-c1ccc(F)cc1. The van der Waals surface area contributed by atoms with Gasteiger partial charge in [0.25, 0.3) is 0 Å². The minimum absolute atomic E-state index is 0.0906. The molecule has 0 radical (unpaired) electrons.